The predicted octanol–water partition coefficient (Wildman–Crippen LogP) is 2.37. The van der Waals surface area contributed by atoms with E-state index in [0.717, 1.165) is 18.5 Å². The van der Waals surface area contributed by atoms with Crippen molar-refractivity contribution in [3.05, 3.63) is 17.5 Å². The summed E-state index contributed by atoms with van der Waals surface area (Å²) in [7, 11) is 1.83. The third-order valence-electron chi connectivity index (χ3n) is 3.03. The monoisotopic (exact) mass is 271 g/mol. The number of amides is 1. The summed E-state index contributed by atoms with van der Waals surface area (Å²) in [6, 6.07) is 0.111. The number of aromatic nitrogens is 2. The van der Waals surface area contributed by atoms with Crippen molar-refractivity contribution in [1.82, 2.24) is 15.1 Å². The Kier molecular flexibility index (Phi) is 5.66. The Bertz CT molecular complexity index is 401. The highest BCUT2D eigenvalue weighted by Crippen LogP contribution is 2.11. The lowest BCUT2D eigenvalue weighted by Crippen LogP contribution is -2.39. The van der Waals surface area contributed by atoms with E-state index in [1.165, 1.54) is 0 Å². The lowest BCUT2D eigenvalue weighted by atomic mass is 10.0. The number of aryl methyl sites for hydroxylation is 2. The Morgan fingerprint density at radius 3 is 2.72 bits per heavy atom. The third kappa shape index (κ3) is 3.73. The molecule has 4 nitrogen and oxygen atoms in total. The molecule has 0 aliphatic rings. The second-order valence-corrected chi connectivity index (χ2v) is 5.20. The Hall–Kier alpha value is -1.03. The van der Waals surface area contributed by atoms with E-state index in [2.05, 4.69) is 24.3 Å². The number of nitrogens with zero attached hydrogens (tertiary/aromatic N) is 2. The smallest absolute Gasteiger partial charge is 0.254 e. The maximum atomic E-state index is 12.2. The third-order valence-corrected chi connectivity index (χ3v) is 3.24. The zero-order valence-corrected chi connectivity index (χ0v) is 12.3. The first-order chi connectivity index (χ1) is 8.49. The van der Waals surface area contributed by atoms with Crippen molar-refractivity contribution < 1.29 is 4.79 Å². The Labute approximate surface area is 114 Å². The molecule has 0 aliphatic heterocycles. The van der Waals surface area contributed by atoms with Crippen LogP contribution in [0.3, 0.4) is 0 Å². The maximum absolute atomic E-state index is 12.2. The van der Waals surface area contributed by atoms with E-state index in [4.69, 9.17) is 11.6 Å². The van der Waals surface area contributed by atoms with E-state index in [-0.39, 0.29) is 11.9 Å². The minimum Gasteiger partial charge on any atom is -0.349 e. The van der Waals surface area contributed by atoms with Crippen LogP contribution in [0.15, 0.2) is 6.20 Å². The number of hydrogen-bond donors (Lipinski definition) is 1. The molecule has 1 aromatic rings. The van der Waals surface area contributed by atoms with Crippen LogP contribution in [0.4, 0.5) is 0 Å². The second kappa shape index (κ2) is 6.78. The molecule has 1 amide bonds. The van der Waals surface area contributed by atoms with Gasteiger partial charge in [-0.05, 0) is 18.8 Å². The fraction of sp³-hybridized carbons (Fsp3) is 0.692. The van der Waals surface area contributed by atoms with E-state index in [1.54, 1.807) is 10.9 Å². The molecule has 0 bridgehead atoms. The first-order valence-corrected chi connectivity index (χ1v) is 6.92. The minimum absolute atomic E-state index is 0.0521. The van der Waals surface area contributed by atoms with Crippen LogP contribution in [0.25, 0.3) is 0 Å². The lowest BCUT2D eigenvalue weighted by Gasteiger charge is -2.21. The van der Waals surface area contributed by atoms with Gasteiger partial charge in [-0.15, -0.1) is 11.6 Å². The molecule has 18 heavy (non-hydrogen) atoms. The molecule has 0 saturated heterocycles. The Balaban J connectivity index is 2.79. The van der Waals surface area contributed by atoms with E-state index in [1.807, 2.05) is 14.0 Å². The van der Waals surface area contributed by atoms with Gasteiger partial charge in [-0.3, -0.25) is 9.48 Å². The first-order valence-electron chi connectivity index (χ1n) is 6.38. The number of carbonyl (C=O) groups is 1. The van der Waals surface area contributed by atoms with Crippen molar-refractivity contribution in [3.8, 4) is 0 Å². The van der Waals surface area contributed by atoms with Crippen molar-refractivity contribution >= 4 is 17.5 Å². The molecule has 1 N–H and O–H groups in total. The minimum atomic E-state index is -0.0521. The van der Waals surface area contributed by atoms with E-state index < -0.39 is 0 Å². The molecule has 1 heterocycles. The Morgan fingerprint density at radius 2 is 2.22 bits per heavy atom. The molecule has 1 unspecified atom stereocenters. The summed E-state index contributed by atoms with van der Waals surface area (Å²) in [4.78, 5) is 12.2. The van der Waals surface area contributed by atoms with Gasteiger partial charge in [0.1, 0.15) is 0 Å². The van der Waals surface area contributed by atoms with Gasteiger partial charge in [0.2, 0.25) is 0 Å². The molecule has 0 spiro atoms. The summed E-state index contributed by atoms with van der Waals surface area (Å²) in [6.07, 6.45) is 3.31. The van der Waals surface area contributed by atoms with Gasteiger partial charge in [-0.25, -0.2) is 0 Å². The summed E-state index contributed by atoms with van der Waals surface area (Å²) >= 11 is 5.76. The van der Waals surface area contributed by atoms with Gasteiger partial charge in [0.25, 0.3) is 5.91 Å². The first kappa shape index (κ1) is 15.0. The molecular weight excluding hydrogens is 250 g/mol. The highest BCUT2D eigenvalue weighted by molar-refractivity contribution is 6.17. The highest BCUT2D eigenvalue weighted by Gasteiger charge is 2.20. The van der Waals surface area contributed by atoms with Crippen LogP contribution in [0, 0.1) is 5.92 Å². The summed E-state index contributed by atoms with van der Waals surface area (Å²) in [5.74, 6) is 0.870. The van der Waals surface area contributed by atoms with Crippen LogP contribution in [0.1, 0.15) is 43.2 Å². The van der Waals surface area contributed by atoms with Gasteiger partial charge in [0.15, 0.2) is 0 Å². The van der Waals surface area contributed by atoms with Crippen molar-refractivity contribution in [2.24, 2.45) is 13.0 Å². The van der Waals surface area contributed by atoms with Crippen molar-refractivity contribution in [3.63, 3.8) is 0 Å². The summed E-state index contributed by atoms with van der Waals surface area (Å²) in [6.45, 7) is 6.17. The molecule has 1 aromatic heterocycles. The van der Waals surface area contributed by atoms with Crippen molar-refractivity contribution in [1.29, 1.82) is 0 Å². The number of halogens is 1. The maximum Gasteiger partial charge on any atom is 0.254 e. The zero-order chi connectivity index (χ0) is 13.7. The van der Waals surface area contributed by atoms with Gasteiger partial charge in [0, 0.05) is 25.2 Å². The van der Waals surface area contributed by atoms with E-state index in [0.29, 0.717) is 17.4 Å². The van der Waals surface area contributed by atoms with Crippen LogP contribution < -0.4 is 5.32 Å². The molecule has 0 radical (unpaired) electrons. The average molecular weight is 272 g/mol. The van der Waals surface area contributed by atoms with Gasteiger partial charge < -0.3 is 5.32 Å². The van der Waals surface area contributed by atoms with Crippen molar-refractivity contribution in [2.75, 3.05) is 5.88 Å². The zero-order valence-electron chi connectivity index (χ0n) is 11.5. The van der Waals surface area contributed by atoms with Gasteiger partial charge >= 0.3 is 0 Å². The number of nitrogens with one attached hydrogen (secondary N) is 1. The number of hydrogen-bond acceptors (Lipinski definition) is 2. The topological polar surface area (TPSA) is 46.9 Å². The van der Waals surface area contributed by atoms with Crippen LogP contribution in [-0.4, -0.2) is 27.6 Å². The average Bonchev–Trinajstić information content (AvgIpc) is 2.69. The molecule has 0 aliphatic carbocycles. The standard InChI is InChI=1S/C13H22ClN3O/c1-5-11-10(8-17(4)16-11)13(18)15-12(6-7-14)9(2)3/h8-9,12H,5-7H2,1-4H3,(H,15,18). The number of carbonyl (C=O) groups excluding carboxylic acids is 1. The normalized spacial score (nSPS) is 12.8. The molecule has 1 rings (SSSR count). The van der Waals surface area contributed by atoms with E-state index in [9.17, 15) is 4.79 Å². The quantitative estimate of drug-likeness (QED) is 0.808. The number of rotatable bonds is 6. The summed E-state index contributed by atoms with van der Waals surface area (Å²) < 4.78 is 1.68. The fourth-order valence-electron chi connectivity index (χ4n) is 1.92. The highest BCUT2D eigenvalue weighted by atomic mass is 35.5. The van der Waals surface area contributed by atoms with E-state index >= 15 is 0 Å². The van der Waals surface area contributed by atoms with Crippen LogP contribution in [0.5, 0.6) is 0 Å². The van der Waals surface area contributed by atoms with Gasteiger partial charge in [0.05, 0.1) is 11.3 Å². The fourth-order valence-corrected chi connectivity index (χ4v) is 2.16. The number of alkyl halides is 1. The molecule has 5 heteroatoms. The molecular formula is C13H22ClN3O. The molecule has 0 saturated carbocycles. The summed E-state index contributed by atoms with van der Waals surface area (Å²) in [5, 5.41) is 7.32. The molecule has 102 valence electrons. The lowest BCUT2D eigenvalue weighted by molar-refractivity contribution is 0.0924. The second-order valence-electron chi connectivity index (χ2n) is 4.82. The van der Waals surface area contributed by atoms with Gasteiger partial charge in [-0.1, -0.05) is 20.8 Å². The molecule has 0 aromatic carbocycles. The SMILES string of the molecule is CCc1nn(C)cc1C(=O)NC(CCCl)C(C)C. The molecule has 0 fully saturated rings. The largest absolute Gasteiger partial charge is 0.349 e. The van der Waals surface area contributed by atoms with Crippen LogP contribution >= 0.6 is 11.6 Å². The van der Waals surface area contributed by atoms with Gasteiger partial charge in [-0.2, -0.15) is 5.10 Å². The summed E-state index contributed by atoms with van der Waals surface area (Å²) in [5.41, 5.74) is 1.50. The van der Waals surface area contributed by atoms with Crippen molar-refractivity contribution in [2.45, 2.75) is 39.7 Å². The van der Waals surface area contributed by atoms with Crippen LogP contribution in [0.2, 0.25) is 0 Å². The van der Waals surface area contributed by atoms with Crippen LogP contribution in [-0.2, 0) is 13.5 Å². The molecule has 1 atom stereocenters. The predicted molar refractivity (Wildman–Crippen MR) is 74.0 cm³/mol. The Morgan fingerprint density at radius 1 is 1.56 bits per heavy atom.